The van der Waals surface area contributed by atoms with Crippen molar-refractivity contribution in [2.45, 2.75) is 44.6 Å². The Hall–Kier alpha value is -1.60. The fraction of sp³-hybridized carbons (Fsp3) is 0.400. The van der Waals surface area contributed by atoms with Gasteiger partial charge in [-0.25, -0.2) is 0 Å². The summed E-state index contributed by atoms with van der Waals surface area (Å²) in [5.41, 5.74) is 10.6. The topological polar surface area (TPSA) is 26.0 Å². The molecule has 1 nitrogen and oxygen atoms in total. The zero-order chi connectivity index (χ0) is 14.8. The monoisotopic (exact) mass is 279 g/mol. The van der Waals surface area contributed by atoms with Gasteiger partial charge in [-0.3, -0.25) is 0 Å². The van der Waals surface area contributed by atoms with Crippen LogP contribution in [-0.2, 0) is 0 Å². The van der Waals surface area contributed by atoms with Crippen molar-refractivity contribution in [3.63, 3.8) is 0 Å². The van der Waals surface area contributed by atoms with Gasteiger partial charge in [0.25, 0.3) is 0 Å². The van der Waals surface area contributed by atoms with Crippen LogP contribution < -0.4 is 5.73 Å². The lowest BCUT2D eigenvalue weighted by atomic mass is 9.94. The fourth-order valence-electron chi connectivity index (χ4n) is 3.22. The third-order valence-corrected chi connectivity index (χ3v) is 5.03. The molecule has 3 rings (SSSR count). The Bertz CT molecular complexity index is 573. The first kappa shape index (κ1) is 14.3. The van der Waals surface area contributed by atoms with E-state index in [1.165, 1.54) is 29.5 Å². The Morgan fingerprint density at radius 2 is 1.62 bits per heavy atom. The van der Waals surface area contributed by atoms with Crippen LogP contribution in [0.5, 0.6) is 0 Å². The minimum atomic E-state index is 0.168. The molecular weight excluding hydrogens is 254 g/mol. The van der Waals surface area contributed by atoms with Crippen LogP contribution in [0.3, 0.4) is 0 Å². The lowest BCUT2D eigenvalue weighted by molar-refractivity contribution is 0.615. The van der Waals surface area contributed by atoms with E-state index in [4.69, 9.17) is 5.73 Å². The molecule has 2 aromatic carbocycles. The van der Waals surface area contributed by atoms with Crippen LogP contribution in [-0.4, -0.2) is 0 Å². The molecule has 1 heteroatoms. The smallest absolute Gasteiger partial charge is 0.0329 e. The number of nitrogens with two attached hydrogens (primary N) is 1. The van der Waals surface area contributed by atoms with E-state index in [1.807, 2.05) is 0 Å². The molecule has 0 saturated heterocycles. The van der Waals surface area contributed by atoms with Gasteiger partial charge in [0.05, 0.1) is 0 Å². The van der Waals surface area contributed by atoms with Crippen molar-refractivity contribution in [2.75, 3.05) is 0 Å². The van der Waals surface area contributed by atoms with Gasteiger partial charge in [0.15, 0.2) is 0 Å². The molecule has 0 radical (unpaired) electrons. The minimum Gasteiger partial charge on any atom is -0.324 e. The van der Waals surface area contributed by atoms with E-state index in [2.05, 4.69) is 68.4 Å². The first-order valence-electron chi connectivity index (χ1n) is 8.11. The van der Waals surface area contributed by atoms with Gasteiger partial charge < -0.3 is 5.73 Å². The van der Waals surface area contributed by atoms with Gasteiger partial charge in [0.1, 0.15) is 0 Å². The fourth-order valence-corrected chi connectivity index (χ4v) is 3.22. The molecule has 0 heterocycles. The van der Waals surface area contributed by atoms with E-state index in [0.717, 1.165) is 0 Å². The first-order chi connectivity index (χ1) is 10.2. The third kappa shape index (κ3) is 3.03. The highest BCUT2D eigenvalue weighted by molar-refractivity contribution is 5.32. The number of hydrogen-bond donors (Lipinski definition) is 1. The SMILES string of the molecule is CCC(C)c1ccc(C(N)C2CC2c2ccccc2)cc1. The van der Waals surface area contributed by atoms with Crippen molar-refractivity contribution in [1.82, 2.24) is 0 Å². The highest BCUT2D eigenvalue weighted by atomic mass is 14.7. The molecule has 2 N–H and O–H groups in total. The predicted octanol–water partition coefficient (Wildman–Crippen LogP) is 5.00. The Morgan fingerprint density at radius 1 is 1.00 bits per heavy atom. The van der Waals surface area contributed by atoms with Gasteiger partial charge in [-0.05, 0) is 47.3 Å². The summed E-state index contributed by atoms with van der Waals surface area (Å²) in [4.78, 5) is 0. The molecule has 0 spiro atoms. The summed E-state index contributed by atoms with van der Waals surface area (Å²) in [7, 11) is 0. The number of benzene rings is 2. The average molecular weight is 279 g/mol. The molecular formula is C20H25N. The summed E-state index contributed by atoms with van der Waals surface area (Å²) in [6.07, 6.45) is 2.41. The van der Waals surface area contributed by atoms with E-state index >= 15 is 0 Å². The van der Waals surface area contributed by atoms with Crippen molar-refractivity contribution < 1.29 is 0 Å². The maximum atomic E-state index is 6.49. The van der Waals surface area contributed by atoms with Crippen molar-refractivity contribution in [3.8, 4) is 0 Å². The molecule has 1 fully saturated rings. The maximum Gasteiger partial charge on any atom is 0.0329 e. The summed E-state index contributed by atoms with van der Waals surface area (Å²) in [5, 5.41) is 0. The second-order valence-corrected chi connectivity index (χ2v) is 6.42. The van der Waals surface area contributed by atoms with E-state index in [1.54, 1.807) is 0 Å². The van der Waals surface area contributed by atoms with Crippen LogP contribution in [0.25, 0.3) is 0 Å². The van der Waals surface area contributed by atoms with Gasteiger partial charge >= 0.3 is 0 Å². The van der Waals surface area contributed by atoms with Gasteiger partial charge in [-0.15, -0.1) is 0 Å². The highest BCUT2D eigenvalue weighted by Crippen LogP contribution is 2.53. The van der Waals surface area contributed by atoms with E-state index < -0.39 is 0 Å². The molecule has 1 aliphatic carbocycles. The van der Waals surface area contributed by atoms with Crippen molar-refractivity contribution in [2.24, 2.45) is 11.7 Å². The Morgan fingerprint density at radius 3 is 2.24 bits per heavy atom. The Balaban J connectivity index is 1.68. The summed E-state index contributed by atoms with van der Waals surface area (Å²) in [5.74, 6) is 1.88. The van der Waals surface area contributed by atoms with E-state index in [0.29, 0.717) is 17.8 Å². The second kappa shape index (κ2) is 6.03. The van der Waals surface area contributed by atoms with Crippen molar-refractivity contribution in [3.05, 3.63) is 71.3 Å². The number of hydrogen-bond acceptors (Lipinski definition) is 1. The lowest BCUT2D eigenvalue weighted by Crippen LogP contribution is -2.13. The highest BCUT2D eigenvalue weighted by Gasteiger charge is 2.42. The quantitative estimate of drug-likeness (QED) is 0.818. The summed E-state index contributed by atoms with van der Waals surface area (Å²) >= 11 is 0. The molecule has 2 aromatic rings. The zero-order valence-electron chi connectivity index (χ0n) is 13.0. The molecule has 1 aliphatic rings. The normalized spacial score (nSPS) is 23.6. The molecule has 0 amide bonds. The summed E-state index contributed by atoms with van der Waals surface area (Å²) in [6, 6.07) is 19.9. The van der Waals surface area contributed by atoms with Gasteiger partial charge in [-0.1, -0.05) is 68.4 Å². The number of rotatable bonds is 5. The van der Waals surface area contributed by atoms with Crippen LogP contribution in [0.4, 0.5) is 0 Å². The van der Waals surface area contributed by atoms with Crippen LogP contribution in [0.1, 0.15) is 61.3 Å². The molecule has 4 unspecified atom stereocenters. The molecule has 4 atom stereocenters. The van der Waals surface area contributed by atoms with Crippen LogP contribution >= 0.6 is 0 Å². The Kier molecular flexibility index (Phi) is 4.12. The molecule has 0 aromatic heterocycles. The standard InChI is InChI=1S/C20H25N/c1-3-14(2)15-9-11-17(12-10-15)20(21)19-13-18(19)16-7-5-4-6-8-16/h4-12,14,18-20H,3,13,21H2,1-2H3. The Labute approximate surface area is 128 Å². The molecule has 110 valence electrons. The van der Waals surface area contributed by atoms with Gasteiger partial charge in [0.2, 0.25) is 0 Å². The van der Waals surface area contributed by atoms with Gasteiger partial charge in [0, 0.05) is 6.04 Å². The minimum absolute atomic E-state index is 0.168. The van der Waals surface area contributed by atoms with Crippen LogP contribution in [0, 0.1) is 5.92 Å². The second-order valence-electron chi connectivity index (χ2n) is 6.42. The average Bonchev–Trinajstić information content (AvgIpc) is 3.35. The van der Waals surface area contributed by atoms with Gasteiger partial charge in [-0.2, -0.15) is 0 Å². The van der Waals surface area contributed by atoms with E-state index in [-0.39, 0.29) is 6.04 Å². The largest absolute Gasteiger partial charge is 0.324 e. The molecule has 0 aliphatic heterocycles. The van der Waals surface area contributed by atoms with Crippen molar-refractivity contribution >= 4 is 0 Å². The lowest BCUT2D eigenvalue weighted by Gasteiger charge is -2.14. The zero-order valence-corrected chi connectivity index (χ0v) is 13.0. The first-order valence-corrected chi connectivity index (χ1v) is 8.11. The van der Waals surface area contributed by atoms with Crippen LogP contribution in [0.2, 0.25) is 0 Å². The molecule has 21 heavy (non-hydrogen) atoms. The van der Waals surface area contributed by atoms with E-state index in [9.17, 15) is 0 Å². The molecule has 1 saturated carbocycles. The summed E-state index contributed by atoms with van der Waals surface area (Å²) < 4.78 is 0. The third-order valence-electron chi connectivity index (χ3n) is 5.03. The summed E-state index contributed by atoms with van der Waals surface area (Å²) in [6.45, 7) is 4.51. The predicted molar refractivity (Wildman–Crippen MR) is 89.4 cm³/mol. The van der Waals surface area contributed by atoms with Crippen molar-refractivity contribution in [1.29, 1.82) is 0 Å². The molecule has 0 bridgehead atoms. The maximum absolute atomic E-state index is 6.49. The van der Waals surface area contributed by atoms with Crippen LogP contribution in [0.15, 0.2) is 54.6 Å².